The maximum atomic E-state index is 10.6. The van der Waals surface area contributed by atoms with Crippen LogP contribution >= 0.6 is 0 Å². The molecule has 0 fully saturated rings. The minimum Gasteiger partial charge on any atom is -0.314 e. The Balaban J connectivity index is 3.24. The highest BCUT2D eigenvalue weighted by molar-refractivity contribution is 7.85. The molecule has 0 bridgehead atoms. The van der Waals surface area contributed by atoms with Crippen LogP contribution in [0.2, 0.25) is 0 Å². The summed E-state index contributed by atoms with van der Waals surface area (Å²) < 4.78 is 29.8. The standard InChI is InChI=1S/C17H37NO3S/c1-3-4-5-6-7-8-9-10-11-14-17(2)18-15-12-13-16-22(19,20)21/h17-18H,3-16H2,1-2H3,(H,19,20,21). The molecule has 22 heavy (non-hydrogen) atoms. The Morgan fingerprint density at radius 1 is 0.864 bits per heavy atom. The first-order valence-electron chi connectivity index (χ1n) is 9.14. The SMILES string of the molecule is CCCCCCCCCCCC(C)NCCCCS(=O)(=O)O. The lowest BCUT2D eigenvalue weighted by Crippen LogP contribution is -2.27. The van der Waals surface area contributed by atoms with E-state index in [2.05, 4.69) is 19.2 Å². The van der Waals surface area contributed by atoms with Crippen molar-refractivity contribution in [1.82, 2.24) is 5.32 Å². The summed E-state index contributed by atoms with van der Waals surface area (Å²) >= 11 is 0. The second-order valence-corrected chi connectivity index (χ2v) is 8.04. The van der Waals surface area contributed by atoms with Gasteiger partial charge in [0.05, 0.1) is 5.75 Å². The van der Waals surface area contributed by atoms with Crippen LogP contribution in [-0.4, -0.2) is 31.3 Å². The lowest BCUT2D eigenvalue weighted by atomic mass is 10.0. The van der Waals surface area contributed by atoms with Crippen LogP contribution in [0.4, 0.5) is 0 Å². The highest BCUT2D eigenvalue weighted by Gasteiger charge is 2.04. The largest absolute Gasteiger partial charge is 0.314 e. The zero-order valence-corrected chi connectivity index (χ0v) is 15.5. The maximum absolute atomic E-state index is 10.6. The summed E-state index contributed by atoms with van der Waals surface area (Å²) in [5.41, 5.74) is 0. The van der Waals surface area contributed by atoms with Gasteiger partial charge in [-0.2, -0.15) is 8.42 Å². The van der Waals surface area contributed by atoms with Crippen molar-refractivity contribution in [1.29, 1.82) is 0 Å². The fraction of sp³-hybridized carbons (Fsp3) is 1.00. The summed E-state index contributed by atoms with van der Waals surface area (Å²) in [4.78, 5) is 0. The van der Waals surface area contributed by atoms with Gasteiger partial charge in [-0.1, -0.05) is 64.7 Å². The molecule has 0 saturated carbocycles. The molecule has 0 saturated heterocycles. The molecule has 0 aliphatic rings. The molecule has 0 aliphatic heterocycles. The van der Waals surface area contributed by atoms with Crippen LogP contribution < -0.4 is 5.32 Å². The molecule has 1 atom stereocenters. The molecule has 0 amide bonds. The molecule has 4 nitrogen and oxygen atoms in total. The quantitative estimate of drug-likeness (QED) is 0.321. The fourth-order valence-electron chi connectivity index (χ4n) is 2.62. The van der Waals surface area contributed by atoms with Crippen LogP contribution in [0, 0.1) is 0 Å². The van der Waals surface area contributed by atoms with Crippen LogP contribution in [-0.2, 0) is 10.1 Å². The zero-order chi connectivity index (χ0) is 16.7. The molecular formula is C17H37NO3S. The number of nitrogens with one attached hydrogen (secondary N) is 1. The van der Waals surface area contributed by atoms with Crippen molar-refractivity contribution < 1.29 is 13.0 Å². The Morgan fingerprint density at radius 3 is 1.95 bits per heavy atom. The molecule has 2 N–H and O–H groups in total. The van der Waals surface area contributed by atoms with Crippen LogP contribution in [0.5, 0.6) is 0 Å². The molecule has 0 heterocycles. The van der Waals surface area contributed by atoms with Gasteiger partial charge in [0.25, 0.3) is 10.1 Å². The highest BCUT2D eigenvalue weighted by Crippen LogP contribution is 2.11. The summed E-state index contributed by atoms with van der Waals surface area (Å²) in [7, 11) is -3.78. The van der Waals surface area contributed by atoms with Gasteiger partial charge in [0, 0.05) is 6.04 Å². The van der Waals surface area contributed by atoms with Crippen LogP contribution in [0.3, 0.4) is 0 Å². The smallest absolute Gasteiger partial charge is 0.264 e. The Bertz CT molecular complexity index is 331. The topological polar surface area (TPSA) is 66.4 Å². The highest BCUT2D eigenvalue weighted by atomic mass is 32.2. The minimum absolute atomic E-state index is 0.124. The second kappa shape index (κ2) is 14.5. The van der Waals surface area contributed by atoms with Gasteiger partial charge in [0.1, 0.15) is 0 Å². The summed E-state index contributed by atoms with van der Waals surface area (Å²) in [5.74, 6) is -0.124. The molecule has 0 rings (SSSR count). The Morgan fingerprint density at radius 2 is 1.41 bits per heavy atom. The molecule has 134 valence electrons. The van der Waals surface area contributed by atoms with E-state index in [-0.39, 0.29) is 5.75 Å². The molecule has 0 aliphatic carbocycles. The first-order chi connectivity index (χ1) is 10.5. The van der Waals surface area contributed by atoms with Gasteiger partial charge < -0.3 is 5.32 Å². The van der Waals surface area contributed by atoms with Crippen molar-refractivity contribution in [2.75, 3.05) is 12.3 Å². The number of hydrogen-bond donors (Lipinski definition) is 2. The van der Waals surface area contributed by atoms with E-state index in [9.17, 15) is 8.42 Å². The molecule has 0 aromatic carbocycles. The monoisotopic (exact) mass is 335 g/mol. The van der Waals surface area contributed by atoms with E-state index < -0.39 is 10.1 Å². The second-order valence-electron chi connectivity index (χ2n) is 6.47. The molecule has 5 heteroatoms. The van der Waals surface area contributed by atoms with Gasteiger partial charge in [-0.3, -0.25) is 4.55 Å². The van der Waals surface area contributed by atoms with E-state index in [1.165, 1.54) is 64.2 Å². The fourth-order valence-corrected chi connectivity index (χ4v) is 3.19. The van der Waals surface area contributed by atoms with E-state index >= 15 is 0 Å². The zero-order valence-electron chi connectivity index (χ0n) is 14.6. The summed E-state index contributed by atoms with van der Waals surface area (Å²) in [5, 5.41) is 3.42. The van der Waals surface area contributed by atoms with Gasteiger partial charge in [0.2, 0.25) is 0 Å². The van der Waals surface area contributed by atoms with Crippen LogP contribution in [0.15, 0.2) is 0 Å². The maximum Gasteiger partial charge on any atom is 0.264 e. The molecule has 0 radical (unpaired) electrons. The number of rotatable bonds is 16. The summed E-state index contributed by atoms with van der Waals surface area (Å²) in [6.45, 7) is 5.27. The van der Waals surface area contributed by atoms with E-state index in [0.29, 0.717) is 12.5 Å². The van der Waals surface area contributed by atoms with Gasteiger partial charge in [-0.25, -0.2) is 0 Å². The van der Waals surface area contributed by atoms with Crippen molar-refractivity contribution in [2.45, 2.75) is 96.9 Å². The van der Waals surface area contributed by atoms with E-state index in [4.69, 9.17) is 4.55 Å². The number of unbranched alkanes of at least 4 members (excludes halogenated alkanes) is 9. The summed E-state index contributed by atoms with van der Waals surface area (Å²) in [6, 6.07) is 0.496. The third-order valence-corrected chi connectivity index (χ3v) is 4.87. The Kier molecular flexibility index (Phi) is 14.4. The molecule has 0 aromatic rings. The Hall–Kier alpha value is -0.130. The van der Waals surface area contributed by atoms with Crippen molar-refractivity contribution >= 4 is 10.1 Å². The van der Waals surface area contributed by atoms with Crippen molar-refractivity contribution in [3.8, 4) is 0 Å². The molecule has 1 unspecified atom stereocenters. The average Bonchev–Trinajstić information content (AvgIpc) is 2.44. The minimum atomic E-state index is -3.78. The van der Waals surface area contributed by atoms with Crippen molar-refractivity contribution in [3.63, 3.8) is 0 Å². The predicted molar refractivity (Wildman–Crippen MR) is 95.0 cm³/mol. The van der Waals surface area contributed by atoms with Crippen molar-refractivity contribution in [2.24, 2.45) is 0 Å². The van der Waals surface area contributed by atoms with Gasteiger partial charge >= 0.3 is 0 Å². The average molecular weight is 336 g/mol. The number of hydrogen-bond acceptors (Lipinski definition) is 3. The van der Waals surface area contributed by atoms with Gasteiger partial charge in [-0.05, 0) is 32.7 Å². The third kappa shape index (κ3) is 17.9. The predicted octanol–water partition coefficient (Wildman–Crippen LogP) is 4.55. The third-order valence-electron chi connectivity index (χ3n) is 4.06. The van der Waals surface area contributed by atoms with Gasteiger partial charge in [-0.15, -0.1) is 0 Å². The van der Waals surface area contributed by atoms with Crippen molar-refractivity contribution in [3.05, 3.63) is 0 Å². The van der Waals surface area contributed by atoms with Crippen LogP contribution in [0.25, 0.3) is 0 Å². The lowest BCUT2D eigenvalue weighted by molar-refractivity contribution is 0.464. The van der Waals surface area contributed by atoms with Crippen LogP contribution in [0.1, 0.15) is 90.9 Å². The molecular weight excluding hydrogens is 298 g/mol. The first kappa shape index (κ1) is 21.9. The van der Waals surface area contributed by atoms with E-state index in [1.807, 2.05) is 0 Å². The molecule has 0 spiro atoms. The lowest BCUT2D eigenvalue weighted by Gasteiger charge is -2.13. The summed E-state index contributed by atoms with van der Waals surface area (Å²) in [6.07, 6.45) is 14.7. The first-order valence-corrected chi connectivity index (χ1v) is 10.7. The Labute approximate surface area is 138 Å². The molecule has 0 aromatic heterocycles. The van der Waals surface area contributed by atoms with Gasteiger partial charge in [0.15, 0.2) is 0 Å². The van der Waals surface area contributed by atoms with E-state index in [0.717, 1.165) is 13.0 Å². The van der Waals surface area contributed by atoms with E-state index in [1.54, 1.807) is 0 Å². The normalized spacial score (nSPS) is 13.4.